The van der Waals surface area contributed by atoms with Gasteiger partial charge in [-0.1, -0.05) is 24.3 Å². The molecule has 1 aromatic heterocycles. The van der Waals surface area contributed by atoms with Gasteiger partial charge in [-0.25, -0.2) is 17.2 Å². The van der Waals surface area contributed by atoms with Crippen molar-refractivity contribution in [2.75, 3.05) is 20.2 Å². The summed E-state index contributed by atoms with van der Waals surface area (Å²) in [6.07, 6.45) is 0.972. The van der Waals surface area contributed by atoms with Crippen LogP contribution < -0.4 is 14.8 Å². The SMILES string of the molecule is COc1cccc(S(=O)(=O)n2c(OC(=O)NC3CCN(C(C)C)CC3)cc3ccccc32)c1. The summed E-state index contributed by atoms with van der Waals surface area (Å²) in [5.74, 6) is 0.358. The van der Waals surface area contributed by atoms with Crippen molar-refractivity contribution in [1.82, 2.24) is 14.2 Å². The Morgan fingerprint density at radius 1 is 1.06 bits per heavy atom. The molecular weight excluding hydrogens is 442 g/mol. The molecule has 1 amide bonds. The molecule has 1 N–H and O–H groups in total. The molecule has 0 atom stereocenters. The van der Waals surface area contributed by atoms with Crippen LogP contribution in [0.1, 0.15) is 26.7 Å². The summed E-state index contributed by atoms with van der Waals surface area (Å²) >= 11 is 0. The molecule has 1 aliphatic heterocycles. The Kier molecular flexibility index (Phi) is 6.62. The smallest absolute Gasteiger partial charge is 0.414 e. The van der Waals surface area contributed by atoms with E-state index in [0.717, 1.165) is 29.9 Å². The maximum atomic E-state index is 13.6. The summed E-state index contributed by atoms with van der Waals surface area (Å²) < 4.78 is 38.9. The summed E-state index contributed by atoms with van der Waals surface area (Å²) in [6, 6.07) is 15.2. The highest BCUT2D eigenvalue weighted by atomic mass is 32.2. The Hall–Kier alpha value is -3.04. The first-order valence-corrected chi connectivity index (χ1v) is 12.5. The number of likely N-dealkylation sites (tertiary alicyclic amines) is 1. The molecule has 0 spiro atoms. The quantitative estimate of drug-likeness (QED) is 0.587. The number of ether oxygens (including phenoxy) is 2. The topological polar surface area (TPSA) is 89.9 Å². The van der Waals surface area contributed by atoms with Crippen molar-refractivity contribution in [3.05, 3.63) is 54.6 Å². The molecule has 1 fully saturated rings. The van der Waals surface area contributed by atoms with Crippen LogP contribution in [0.3, 0.4) is 0 Å². The van der Waals surface area contributed by atoms with Crippen LogP contribution in [0.25, 0.3) is 10.9 Å². The van der Waals surface area contributed by atoms with Crippen molar-refractivity contribution < 1.29 is 22.7 Å². The molecule has 2 heterocycles. The number of methoxy groups -OCH3 is 1. The van der Waals surface area contributed by atoms with Gasteiger partial charge in [-0.3, -0.25) is 0 Å². The Bertz CT molecular complexity index is 1240. The second kappa shape index (κ2) is 9.44. The summed E-state index contributed by atoms with van der Waals surface area (Å²) in [5, 5.41) is 3.54. The summed E-state index contributed by atoms with van der Waals surface area (Å²) in [6.45, 7) is 6.10. The number of piperidine rings is 1. The number of hydrogen-bond acceptors (Lipinski definition) is 6. The molecule has 0 aliphatic carbocycles. The van der Waals surface area contributed by atoms with Gasteiger partial charge in [-0.2, -0.15) is 0 Å². The predicted octanol–water partition coefficient (Wildman–Crippen LogP) is 3.85. The molecule has 0 radical (unpaired) electrons. The van der Waals surface area contributed by atoms with E-state index >= 15 is 0 Å². The zero-order valence-electron chi connectivity index (χ0n) is 19.0. The number of aromatic nitrogens is 1. The van der Waals surface area contributed by atoms with Gasteiger partial charge in [0.15, 0.2) is 0 Å². The lowest BCUT2D eigenvalue weighted by Gasteiger charge is -2.34. The number of hydrogen-bond donors (Lipinski definition) is 1. The van der Waals surface area contributed by atoms with Gasteiger partial charge in [-0.15, -0.1) is 0 Å². The van der Waals surface area contributed by atoms with Gasteiger partial charge in [0, 0.05) is 42.7 Å². The van der Waals surface area contributed by atoms with E-state index in [4.69, 9.17) is 9.47 Å². The van der Waals surface area contributed by atoms with E-state index in [-0.39, 0.29) is 16.8 Å². The van der Waals surface area contributed by atoms with Crippen molar-refractivity contribution in [1.29, 1.82) is 0 Å². The van der Waals surface area contributed by atoms with Gasteiger partial charge in [0.2, 0.25) is 5.88 Å². The standard InChI is InChI=1S/C24H29N3O5S/c1-17(2)26-13-11-19(12-14-26)25-24(28)32-23-15-18-7-4-5-10-22(18)27(23)33(29,30)21-9-6-8-20(16-21)31-3/h4-10,15-17,19H,11-14H2,1-3H3,(H,25,28). The van der Waals surface area contributed by atoms with Crippen molar-refractivity contribution in [2.24, 2.45) is 0 Å². The predicted molar refractivity (Wildman–Crippen MR) is 126 cm³/mol. The number of rotatable bonds is 6. The molecule has 2 aromatic carbocycles. The largest absolute Gasteiger partial charge is 0.497 e. The molecular formula is C24H29N3O5S. The van der Waals surface area contributed by atoms with Gasteiger partial charge in [0.05, 0.1) is 17.5 Å². The Balaban J connectivity index is 1.61. The van der Waals surface area contributed by atoms with Crippen molar-refractivity contribution in [2.45, 2.75) is 43.7 Å². The maximum absolute atomic E-state index is 13.6. The van der Waals surface area contributed by atoms with Crippen LogP contribution in [0.4, 0.5) is 4.79 Å². The van der Waals surface area contributed by atoms with E-state index in [1.165, 1.54) is 19.2 Å². The van der Waals surface area contributed by atoms with Crippen LogP contribution in [-0.4, -0.2) is 55.7 Å². The number of benzene rings is 2. The highest BCUT2D eigenvalue weighted by Gasteiger charge is 2.27. The average Bonchev–Trinajstić information content (AvgIpc) is 3.17. The first-order chi connectivity index (χ1) is 15.8. The van der Waals surface area contributed by atoms with Gasteiger partial charge in [0.1, 0.15) is 5.75 Å². The summed E-state index contributed by atoms with van der Waals surface area (Å²) in [5.41, 5.74) is 0.424. The number of carbonyl (C=O) groups excluding carboxylic acids is 1. The minimum Gasteiger partial charge on any atom is -0.497 e. The van der Waals surface area contributed by atoms with Crippen molar-refractivity contribution in [3.8, 4) is 11.6 Å². The molecule has 33 heavy (non-hydrogen) atoms. The number of nitrogens with zero attached hydrogens (tertiary/aromatic N) is 2. The zero-order valence-corrected chi connectivity index (χ0v) is 19.8. The Labute approximate surface area is 194 Å². The van der Waals surface area contributed by atoms with Gasteiger partial charge < -0.3 is 19.7 Å². The first-order valence-electron chi connectivity index (χ1n) is 11.0. The highest BCUT2D eigenvalue weighted by Crippen LogP contribution is 2.31. The third kappa shape index (κ3) is 4.84. The van der Waals surface area contributed by atoms with Crippen LogP contribution in [0.15, 0.2) is 59.5 Å². The van der Waals surface area contributed by atoms with Crippen molar-refractivity contribution >= 4 is 27.0 Å². The molecule has 0 unspecified atom stereocenters. The number of fused-ring (bicyclic) bond motifs is 1. The fourth-order valence-corrected chi connectivity index (χ4v) is 5.62. The van der Waals surface area contributed by atoms with Crippen LogP contribution in [-0.2, 0) is 10.0 Å². The Morgan fingerprint density at radius 2 is 1.79 bits per heavy atom. The van der Waals surface area contributed by atoms with E-state index < -0.39 is 16.1 Å². The van der Waals surface area contributed by atoms with E-state index in [0.29, 0.717) is 22.7 Å². The van der Waals surface area contributed by atoms with Gasteiger partial charge in [-0.05, 0) is 44.9 Å². The zero-order chi connectivity index (χ0) is 23.6. The van der Waals surface area contributed by atoms with Gasteiger partial charge in [0.25, 0.3) is 10.0 Å². The maximum Gasteiger partial charge on any atom is 0.414 e. The van der Waals surface area contributed by atoms with E-state index in [1.54, 1.807) is 42.5 Å². The summed E-state index contributed by atoms with van der Waals surface area (Å²) in [7, 11) is -2.58. The van der Waals surface area contributed by atoms with E-state index in [2.05, 4.69) is 24.1 Å². The first kappa shape index (κ1) is 23.1. The fraction of sp³-hybridized carbons (Fsp3) is 0.375. The van der Waals surface area contributed by atoms with Crippen LogP contribution in [0.5, 0.6) is 11.6 Å². The number of para-hydroxylation sites is 1. The average molecular weight is 472 g/mol. The Morgan fingerprint density at radius 3 is 2.48 bits per heavy atom. The van der Waals surface area contributed by atoms with E-state index in [9.17, 15) is 13.2 Å². The lowest BCUT2D eigenvalue weighted by molar-refractivity contribution is 0.151. The van der Waals surface area contributed by atoms with Crippen LogP contribution in [0, 0.1) is 0 Å². The number of nitrogens with one attached hydrogen (secondary N) is 1. The number of carbonyl (C=O) groups is 1. The molecule has 9 heteroatoms. The minimum absolute atomic E-state index is 0.0136. The molecule has 8 nitrogen and oxygen atoms in total. The highest BCUT2D eigenvalue weighted by molar-refractivity contribution is 7.90. The summed E-state index contributed by atoms with van der Waals surface area (Å²) in [4.78, 5) is 15.1. The fourth-order valence-electron chi connectivity index (χ4n) is 4.14. The lowest BCUT2D eigenvalue weighted by Crippen LogP contribution is -2.47. The molecule has 176 valence electrons. The molecule has 1 saturated heterocycles. The third-order valence-electron chi connectivity index (χ3n) is 5.99. The second-order valence-corrected chi connectivity index (χ2v) is 10.2. The van der Waals surface area contributed by atoms with Crippen LogP contribution in [0.2, 0.25) is 0 Å². The van der Waals surface area contributed by atoms with Crippen LogP contribution >= 0.6 is 0 Å². The monoisotopic (exact) mass is 471 g/mol. The lowest BCUT2D eigenvalue weighted by atomic mass is 10.0. The van der Waals surface area contributed by atoms with Gasteiger partial charge >= 0.3 is 6.09 Å². The molecule has 0 bridgehead atoms. The normalized spacial score (nSPS) is 15.6. The number of amides is 1. The van der Waals surface area contributed by atoms with Crippen molar-refractivity contribution in [3.63, 3.8) is 0 Å². The third-order valence-corrected chi connectivity index (χ3v) is 7.70. The molecule has 4 rings (SSSR count). The molecule has 1 aliphatic rings. The van der Waals surface area contributed by atoms with E-state index in [1.807, 2.05) is 0 Å². The minimum atomic E-state index is -4.06. The molecule has 0 saturated carbocycles. The molecule has 3 aromatic rings. The second-order valence-electron chi connectivity index (χ2n) is 8.43.